The maximum Gasteiger partial charge on any atom is 0.235 e. The van der Waals surface area contributed by atoms with Crippen molar-refractivity contribution in [2.75, 3.05) is 5.75 Å². The van der Waals surface area contributed by atoms with E-state index in [0.717, 1.165) is 0 Å². The molecule has 0 heterocycles. The zero-order valence-corrected chi connectivity index (χ0v) is 9.80. The highest BCUT2D eigenvalue weighted by Gasteiger charge is 2.27. The van der Waals surface area contributed by atoms with Crippen molar-refractivity contribution in [3.05, 3.63) is 0 Å². The van der Waals surface area contributed by atoms with Crippen molar-refractivity contribution in [2.24, 2.45) is 0 Å². The van der Waals surface area contributed by atoms with Crippen molar-refractivity contribution in [1.82, 2.24) is 5.32 Å². The Balaban J connectivity index is 4.20. The first-order valence-electron chi connectivity index (χ1n) is 3.85. The van der Waals surface area contributed by atoms with E-state index in [9.17, 15) is 4.79 Å². The molecule has 12 heavy (non-hydrogen) atoms. The van der Waals surface area contributed by atoms with Crippen molar-refractivity contribution in [1.29, 1.82) is 0 Å². The fourth-order valence-corrected chi connectivity index (χ4v) is 0.635. The van der Waals surface area contributed by atoms with Crippen LogP contribution in [0.15, 0.2) is 0 Å². The van der Waals surface area contributed by atoms with Gasteiger partial charge in [-0.15, -0.1) is 0 Å². The van der Waals surface area contributed by atoms with Gasteiger partial charge in [-0.2, -0.15) is 25.3 Å². The molecular formula is C8H17NOS2. The van der Waals surface area contributed by atoms with Gasteiger partial charge >= 0.3 is 0 Å². The SMILES string of the molecule is CC(C)(CS)NC(=O)C(C)(C)S. The largest absolute Gasteiger partial charge is 0.349 e. The maximum atomic E-state index is 11.4. The van der Waals surface area contributed by atoms with Crippen LogP contribution in [0.25, 0.3) is 0 Å². The molecule has 0 radical (unpaired) electrons. The second-order valence-corrected chi connectivity index (χ2v) is 5.49. The lowest BCUT2D eigenvalue weighted by molar-refractivity contribution is -0.124. The summed E-state index contributed by atoms with van der Waals surface area (Å²) in [5.74, 6) is 0.549. The van der Waals surface area contributed by atoms with Crippen LogP contribution >= 0.6 is 25.3 Å². The Labute approximate surface area is 85.3 Å². The van der Waals surface area contributed by atoms with E-state index in [1.54, 1.807) is 13.8 Å². The second-order valence-electron chi connectivity index (χ2n) is 4.06. The number of thiol groups is 2. The minimum absolute atomic E-state index is 0.0649. The lowest BCUT2D eigenvalue weighted by atomic mass is 10.1. The molecule has 0 aromatic rings. The van der Waals surface area contributed by atoms with Gasteiger partial charge < -0.3 is 5.32 Å². The Morgan fingerprint density at radius 1 is 1.33 bits per heavy atom. The van der Waals surface area contributed by atoms with Crippen molar-refractivity contribution in [3.8, 4) is 0 Å². The molecule has 0 saturated carbocycles. The molecule has 0 aromatic carbocycles. The fourth-order valence-electron chi connectivity index (χ4n) is 0.500. The third-order valence-electron chi connectivity index (χ3n) is 1.40. The predicted molar refractivity (Wildman–Crippen MR) is 59.1 cm³/mol. The van der Waals surface area contributed by atoms with Crippen molar-refractivity contribution in [3.63, 3.8) is 0 Å². The van der Waals surface area contributed by atoms with Gasteiger partial charge in [0.25, 0.3) is 0 Å². The van der Waals surface area contributed by atoms with E-state index in [-0.39, 0.29) is 11.4 Å². The summed E-state index contributed by atoms with van der Waals surface area (Å²) in [7, 11) is 0. The molecule has 0 atom stereocenters. The molecule has 1 N–H and O–H groups in total. The topological polar surface area (TPSA) is 29.1 Å². The van der Waals surface area contributed by atoms with Gasteiger partial charge in [0.15, 0.2) is 0 Å². The van der Waals surface area contributed by atoms with Crippen LogP contribution < -0.4 is 5.32 Å². The summed E-state index contributed by atoms with van der Waals surface area (Å²) in [5.41, 5.74) is -0.264. The first-order valence-corrected chi connectivity index (χ1v) is 4.93. The molecule has 0 saturated heterocycles. The summed E-state index contributed by atoms with van der Waals surface area (Å²) >= 11 is 8.30. The summed E-state index contributed by atoms with van der Waals surface area (Å²) in [6, 6.07) is 0. The molecule has 0 aliphatic carbocycles. The molecule has 0 bridgehead atoms. The third kappa shape index (κ3) is 4.26. The van der Waals surface area contributed by atoms with E-state index in [2.05, 4.69) is 30.6 Å². The molecule has 0 unspecified atom stereocenters. The maximum absolute atomic E-state index is 11.4. The monoisotopic (exact) mass is 207 g/mol. The average molecular weight is 207 g/mol. The van der Waals surface area contributed by atoms with E-state index >= 15 is 0 Å². The molecule has 0 fully saturated rings. The Kier molecular flexibility index (Phi) is 3.97. The molecule has 0 spiro atoms. The Hall–Kier alpha value is 0.170. The molecule has 0 rings (SSSR count). The number of nitrogens with one attached hydrogen (secondary N) is 1. The number of carbonyl (C=O) groups excluding carboxylic acids is 1. The van der Waals surface area contributed by atoms with Crippen molar-refractivity contribution < 1.29 is 4.79 Å². The minimum atomic E-state index is -0.625. The summed E-state index contributed by atoms with van der Waals surface area (Å²) in [6.45, 7) is 7.38. The number of rotatable bonds is 3. The Morgan fingerprint density at radius 3 is 2.00 bits per heavy atom. The highest BCUT2D eigenvalue weighted by Crippen LogP contribution is 2.14. The molecule has 72 valence electrons. The van der Waals surface area contributed by atoms with Gasteiger partial charge in [-0.3, -0.25) is 4.79 Å². The quantitative estimate of drug-likeness (QED) is 0.602. The van der Waals surface area contributed by atoms with Crippen LogP contribution in [0.3, 0.4) is 0 Å². The minimum Gasteiger partial charge on any atom is -0.349 e. The van der Waals surface area contributed by atoms with E-state index < -0.39 is 4.75 Å². The van der Waals surface area contributed by atoms with Crippen LogP contribution in [0.1, 0.15) is 27.7 Å². The number of hydrogen-bond acceptors (Lipinski definition) is 3. The third-order valence-corrected chi connectivity index (χ3v) is 2.40. The summed E-state index contributed by atoms with van der Waals surface area (Å²) in [6.07, 6.45) is 0. The summed E-state index contributed by atoms with van der Waals surface area (Å²) in [4.78, 5) is 11.4. The first-order chi connectivity index (χ1) is 5.19. The molecular weight excluding hydrogens is 190 g/mol. The van der Waals surface area contributed by atoms with Crippen LogP contribution in [-0.2, 0) is 4.79 Å². The molecule has 0 aliphatic rings. The standard InChI is InChI=1S/C8H17NOS2/c1-7(2,5-11)9-6(10)8(3,4)12/h11-12H,5H2,1-4H3,(H,9,10). The molecule has 2 nitrogen and oxygen atoms in total. The normalized spacial score (nSPS) is 12.8. The van der Waals surface area contributed by atoms with Crippen LogP contribution in [0.2, 0.25) is 0 Å². The Bertz CT molecular complexity index is 172. The van der Waals surface area contributed by atoms with E-state index in [0.29, 0.717) is 5.75 Å². The lowest BCUT2D eigenvalue weighted by Gasteiger charge is -2.28. The number of carbonyl (C=O) groups is 1. The van der Waals surface area contributed by atoms with Gasteiger partial charge in [-0.1, -0.05) is 0 Å². The first kappa shape index (κ1) is 12.2. The van der Waals surface area contributed by atoms with Crippen LogP contribution in [-0.4, -0.2) is 21.9 Å². The molecule has 0 aliphatic heterocycles. The Morgan fingerprint density at radius 2 is 1.75 bits per heavy atom. The van der Waals surface area contributed by atoms with Crippen LogP contribution in [0.4, 0.5) is 0 Å². The zero-order valence-electron chi connectivity index (χ0n) is 8.01. The lowest BCUT2D eigenvalue weighted by Crippen LogP contribution is -2.50. The highest BCUT2D eigenvalue weighted by molar-refractivity contribution is 7.82. The molecule has 0 aromatic heterocycles. The van der Waals surface area contributed by atoms with Gasteiger partial charge in [0.2, 0.25) is 5.91 Å². The van der Waals surface area contributed by atoms with Crippen molar-refractivity contribution >= 4 is 31.2 Å². The van der Waals surface area contributed by atoms with Gasteiger partial charge in [0.1, 0.15) is 0 Å². The average Bonchev–Trinajstić information content (AvgIpc) is 1.85. The summed E-state index contributed by atoms with van der Waals surface area (Å²) < 4.78 is -0.625. The fraction of sp³-hybridized carbons (Fsp3) is 0.875. The predicted octanol–water partition coefficient (Wildman–Crippen LogP) is 1.52. The van der Waals surface area contributed by atoms with Crippen LogP contribution in [0.5, 0.6) is 0 Å². The zero-order chi connectivity index (χ0) is 9.99. The number of amides is 1. The summed E-state index contributed by atoms with van der Waals surface area (Å²) in [5, 5.41) is 2.85. The highest BCUT2D eigenvalue weighted by atomic mass is 32.1. The number of hydrogen-bond donors (Lipinski definition) is 3. The second kappa shape index (κ2) is 3.92. The van der Waals surface area contributed by atoms with Gasteiger partial charge in [-0.05, 0) is 27.7 Å². The smallest absolute Gasteiger partial charge is 0.235 e. The molecule has 4 heteroatoms. The van der Waals surface area contributed by atoms with Gasteiger partial charge in [0.05, 0.1) is 4.75 Å². The molecule has 1 amide bonds. The van der Waals surface area contributed by atoms with Crippen LogP contribution in [0, 0.1) is 0 Å². The van der Waals surface area contributed by atoms with Crippen molar-refractivity contribution in [2.45, 2.75) is 38.0 Å². The van der Waals surface area contributed by atoms with Gasteiger partial charge in [-0.25, -0.2) is 0 Å². The van der Waals surface area contributed by atoms with E-state index in [1.165, 1.54) is 0 Å². The van der Waals surface area contributed by atoms with E-state index in [1.807, 2.05) is 13.8 Å². The van der Waals surface area contributed by atoms with Gasteiger partial charge in [0, 0.05) is 11.3 Å². The van der Waals surface area contributed by atoms with E-state index in [4.69, 9.17) is 0 Å².